The van der Waals surface area contributed by atoms with E-state index in [1.54, 1.807) is 6.08 Å². The van der Waals surface area contributed by atoms with Crippen LogP contribution in [0.4, 0.5) is 13.2 Å². The minimum Gasteiger partial charge on any atom is -0.288 e. The van der Waals surface area contributed by atoms with Crippen molar-refractivity contribution in [2.45, 2.75) is 19.5 Å². The molecule has 1 aromatic rings. The second-order valence-corrected chi connectivity index (χ2v) is 4.74. The molecule has 0 aliphatic heterocycles. The maximum absolute atomic E-state index is 12.6. The summed E-state index contributed by atoms with van der Waals surface area (Å²) < 4.78 is 37.8. The molecule has 0 saturated carbocycles. The van der Waals surface area contributed by atoms with Gasteiger partial charge in [0.2, 0.25) is 0 Å². The highest BCUT2D eigenvalue weighted by atomic mass is 32.2. The smallest absolute Gasteiger partial charge is 0.288 e. The lowest BCUT2D eigenvalue weighted by Crippen LogP contribution is -2.08. The van der Waals surface area contributed by atoms with Gasteiger partial charge in [0.1, 0.15) is 0 Å². The highest BCUT2D eigenvalue weighted by Crippen LogP contribution is 2.31. The van der Waals surface area contributed by atoms with Crippen molar-refractivity contribution < 1.29 is 18.0 Å². The van der Waals surface area contributed by atoms with E-state index in [1.807, 2.05) is 0 Å². The number of allylic oxidation sites excluding steroid dienone is 1. The average molecular weight is 275 g/mol. The Bertz CT molecular complexity index is 443. The normalized spacial score (nSPS) is 12.0. The van der Waals surface area contributed by atoms with Gasteiger partial charge in [-0.2, -0.15) is 13.2 Å². The number of thioether (sulfide) groups is 1. The topological polar surface area (TPSA) is 30.0 Å². The minimum absolute atomic E-state index is 0.00258. The van der Waals surface area contributed by atoms with Crippen LogP contribution in [-0.4, -0.2) is 15.9 Å². The second kappa shape index (κ2) is 6.58. The lowest BCUT2D eigenvalue weighted by atomic mass is 10.1. The number of carbonyl (C=O) groups excluding carboxylic acids is 1. The Kier molecular flexibility index (Phi) is 5.40. The highest BCUT2D eigenvalue weighted by molar-refractivity contribution is 8.13. The van der Waals surface area contributed by atoms with E-state index in [1.165, 1.54) is 25.3 Å². The van der Waals surface area contributed by atoms with Crippen molar-refractivity contribution in [3.05, 3.63) is 35.7 Å². The van der Waals surface area contributed by atoms with Gasteiger partial charge in [0.15, 0.2) is 5.12 Å². The summed E-state index contributed by atoms with van der Waals surface area (Å²) in [5.74, 6) is 0.556. The van der Waals surface area contributed by atoms with Gasteiger partial charge in [0, 0.05) is 18.9 Å². The van der Waals surface area contributed by atoms with Gasteiger partial charge in [-0.1, -0.05) is 17.8 Å². The lowest BCUT2D eigenvalue weighted by molar-refractivity contribution is -0.138. The summed E-state index contributed by atoms with van der Waals surface area (Å²) in [7, 11) is 0. The quantitative estimate of drug-likeness (QED) is 0.783. The van der Waals surface area contributed by atoms with Crippen LogP contribution in [0, 0.1) is 0 Å². The molecule has 98 valence electrons. The number of hydrogen-bond donors (Lipinski definition) is 0. The van der Waals surface area contributed by atoms with Gasteiger partial charge in [-0.05, 0) is 24.6 Å². The van der Waals surface area contributed by atoms with Crippen LogP contribution in [0.25, 0.3) is 6.08 Å². The van der Waals surface area contributed by atoms with Crippen molar-refractivity contribution >= 4 is 23.0 Å². The van der Waals surface area contributed by atoms with Gasteiger partial charge in [0.05, 0.1) is 11.3 Å². The fourth-order valence-corrected chi connectivity index (χ4v) is 1.80. The molecule has 0 bridgehead atoms. The number of halogens is 3. The molecule has 0 saturated heterocycles. The Morgan fingerprint density at radius 2 is 2.22 bits per heavy atom. The van der Waals surface area contributed by atoms with Crippen LogP contribution in [0.5, 0.6) is 0 Å². The van der Waals surface area contributed by atoms with E-state index in [2.05, 4.69) is 4.98 Å². The zero-order valence-corrected chi connectivity index (χ0v) is 10.5. The third kappa shape index (κ3) is 4.91. The van der Waals surface area contributed by atoms with Crippen LogP contribution in [0.15, 0.2) is 24.4 Å². The van der Waals surface area contributed by atoms with Crippen LogP contribution in [0.1, 0.15) is 24.6 Å². The summed E-state index contributed by atoms with van der Waals surface area (Å²) in [6, 6.07) is 2.25. The molecule has 0 N–H and O–H groups in total. The van der Waals surface area contributed by atoms with Crippen molar-refractivity contribution in [1.82, 2.24) is 4.98 Å². The van der Waals surface area contributed by atoms with Gasteiger partial charge < -0.3 is 0 Å². The Balaban J connectivity index is 2.67. The lowest BCUT2D eigenvalue weighted by Gasteiger charge is -2.08. The standard InChI is InChI=1S/C12H12F3NOS/c1-9(17)18-8-3-2-6-11-10(12(13,14)15)5-4-7-16-11/h2,4-7H,3,8H2,1H3. The van der Waals surface area contributed by atoms with Gasteiger partial charge in [-0.15, -0.1) is 0 Å². The maximum atomic E-state index is 12.6. The summed E-state index contributed by atoms with van der Waals surface area (Å²) in [6.45, 7) is 1.45. The van der Waals surface area contributed by atoms with E-state index in [-0.39, 0.29) is 10.8 Å². The number of alkyl halides is 3. The fourth-order valence-electron chi connectivity index (χ4n) is 1.26. The summed E-state index contributed by atoms with van der Waals surface area (Å²) >= 11 is 1.14. The van der Waals surface area contributed by atoms with E-state index in [4.69, 9.17) is 0 Å². The number of hydrogen-bond acceptors (Lipinski definition) is 3. The predicted octanol–water partition coefficient (Wildman–Crippen LogP) is 3.78. The molecule has 1 aromatic heterocycles. The molecule has 6 heteroatoms. The van der Waals surface area contributed by atoms with E-state index in [9.17, 15) is 18.0 Å². The molecule has 0 radical (unpaired) electrons. The molecular weight excluding hydrogens is 263 g/mol. The number of rotatable bonds is 4. The van der Waals surface area contributed by atoms with Gasteiger partial charge >= 0.3 is 6.18 Å². The zero-order valence-electron chi connectivity index (χ0n) is 9.70. The molecule has 0 fully saturated rings. The predicted molar refractivity (Wildman–Crippen MR) is 66.0 cm³/mol. The highest BCUT2D eigenvalue weighted by Gasteiger charge is 2.32. The number of nitrogens with zero attached hydrogens (tertiary/aromatic N) is 1. The van der Waals surface area contributed by atoms with Gasteiger partial charge in [0.25, 0.3) is 0 Å². The first kappa shape index (κ1) is 14.8. The van der Waals surface area contributed by atoms with Crippen LogP contribution in [0.2, 0.25) is 0 Å². The van der Waals surface area contributed by atoms with Crippen molar-refractivity contribution in [3.63, 3.8) is 0 Å². The third-order valence-corrected chi connectivity index (χ3v) is 2.86. The average Bonchev–Trinajstić information content (AvgIpc) is 2.27. The first-order valence-electron chi connectivity index (χ1n) is 5.23. The fraction of sp³-hybridized carbons (Fsp3) is 0.333. The van der Waals surface area contributed by atoms with Crippen LogP contribution < -0.4 is 0 Å². The Morgan fingerprint density at radius 3 is 2.83 bits per heavy atom. The summed E-state index contributed by atoms with van der Waals surface area (Å²) in [5, 5.41) is -0.00258. The zero-order chi connectivity index (χ0) is 13.6. The molecule has 18 heavy (non-hydrogen) atoms. The first-order valence-corrected chi connectivity index (χ1v) is 6.22. The SMILES string of the molecule is CC(=O)SCCC=Cc1ncccc1C(F)(F)F. The van der Waals surface area contributed by atoms with E-state index >= 15 is 0 Å². The second-order valence-electron chi connectivity index (χ2n) is 3.47. The van der Waals surface area contributed by atoms with Crippen molar-refractivity contribution in [2.75, 3.05) is 5.75 Å². The molecule has 1 rings (SSSR count). The molecule has 0 amide bonds. The maximum Gasteiger partial charge on any atom is 0.418 e. The number of aromatic nitrogens is 1. The monoisotopic (exact) mass is 275 g/mol. The Hall–Kier alpha value is -1.30. The van der Waals surface area contributed by atoms with E-state index in [0.717, 1.165) is 17.8 Å². The number of carbonyl (C=O) groups is 1. The minimum atomic E-state index is -4.40. The van der Waals surface area contributed by atoms with Crippen molar-refractivity contribution in [2.24, 2.45) is 0 Å². The van der Waals surface area contributed by atoms with Gasteiger partial charge in [-0.3, -0.25) is 9.78 Å². The van der Waals surface area contributed by atoms with Crippen LogP contribution in [-0.2, 0) is 11.0 Å². The van der Waals surface area contributed by atoms with E-state index < -0.39 is 11.7 Å². The number of pyridine rings is 1. The molecular formula is C12H12F3NOS. The Labute approximate surface area is 107 Å². The molecule has 0 spiro atoms. The molecule has 0 atom stereocenters. The Morgan fingerprint density at radius 1 is 1.50 bits per heavy atom. The molecule has 1 heterocycles. The van der Waals surface area contributed by atoms with Crippen LogP contribution >= 0.6 is 11.8 Å². The summed E-state index contributed by atoms with van der Waals surface area (Å²) in [5.41, 5.74) is -0.849. The van der Waals surface area contributed by atoms with Gasteiger partial charge in [-0.25, -0.2) is 0 Å². The molecule has 0 aliphatic carbocycles. The molecule has 0 unspecified atom stereocenters. The van der Waals surface area contributed by atoms with Crippen molar-refractivity contribution in [3.8, 4) is 0 Å². The van der Waals surface area contributed by atoms with E-state index in [0.29, 0.717) is 12.2 Å². The van der Waals surface area contributed by atoms with Crippen LogP contribution in [0.3, 0.4) is 0 Å². The summed E-state index contributed by atoms with van der Waals surface area (Å²) in [6.07, 6.45) is 0.371. The molecule has 0 aromatic carbocycles. The third-order valence-electron chi connectivity index (χ3n) is 2.01. The summed E-state index contributed by atoms with van der Waals surface area (Å²) in [4.78, 5) is 14.3. The molecule has 2 nitrogen and oxygen atoms in total. The largest absolute Gasteiger partial charge is 0.418 e. The first-order chi connectivity index (χ1) is 8.41. The molecule has 0 aliphatic rings. The van der Waals surface area contributed by atoms with Crippen molar-refractivity contribution in [1.29, 1.82) is 0 Å².